The molecule has 1 heterocycles. The molecule has 0 radical (unpaired) electrons. The fraction of sp³-hybridized carbons (Fsp3) is 0.211. The molecule has 132 valence electrons. The predicted octanol–water partition coefficient (Wildman–Crippen LogP) is 3.32. The number of carbonyl (C=O) groups excluding carboxylic acids is 1. The smallest absolute Gasteiger partial charge is 0.280 e. The average Bonchev–Trinajstić information content (AvgIpc) is 3.48. The van der Waals surface area contributed by atoms with Crippen molar-refractivity contribution < 1.29 is 9.53 Å². The maximum atomic E-state index is 12.9. The molecule has 1 fully saturated rings. The highest BCUT2D eigenvalue weighted by Crippen LogP contribution is 2.38. The first kappa shape index (κ1) is 16.6. The number of methoxy groups -OCH3 is 1. The summed E-state index contributed by atoms with van der Waals surface area (Å²) in [7, 11) is 1.50. The van der Waals surface area contributed by atoms with E-state index in [-0.39, 0.29) is 11.5 Å². The Labute approximate surface area is 154 Å². The number of ether oxygens (including phenoxy) is 1. The third-order valence-corrected chi connectivity index (χ3v) is 4.60. The Hall–Kier alpha value is -2.86. The molecule has 1 aliphatic carbocycles. The number of hydrogen-bond acceptors (Lipinski definition) is 4. The number of nitrogens with zero attached hydrogens (tertiary/aromatic N) is 2. The third kappa shape index (κ3) is 2.93. The predicted molar refractivity (Wildman–Crippen MR) is 99.7 cm³/mol. The summed E-state index contributed by atoms with van der Waals surface area (Å²) in [5.74, 6) is 0.713. The van der Waals surface area contributed by atoms with E-state index in [1.807, 2.05) is 0 Å². The van der Waals surface area contributed by atoms with E-state index in [4.69, 9.17) is 16.3 Å². The van der Waals surface area contributed by atoms with Crippen LogP contribution < -0.4 is 15.7 Å². The van der Waals surface area contributed by atoms with Gasteiger partial charge in [0.15, 0.2) is 0 Å². The van der Waals surface area contributed by atoms with Crippen molar-refractivity contribution in [3.05, 3.63) is 69.2 Å². The molecule has 1 amide bonds. The first-order chi connectivity index (χ1) is 12.6. The highest BCUT2D eigenvalue weighted by Gasteiger charge is 2.30. The second-order valence-corrected chi connectivity index (χ2v) is 6.62. The summed E-state index contributed by atoms with van der Waals surface area (Å²) in [6.07, 6.45) is 1.87. The van der Waals surface area contributed by atoms with Crippen molar-refractivity contribution in [3.63, 3.8) is 0 Å². The maximum Gasteiger partial charge on any atom is 0.280 e. The minimum absolute atomic E-state index is 0.157. The lowest BCUT2D eigenvalue weighted by Crippen LogP contribution is -2.36. The van der Waals surface area contributed by atoms with Gasteiger partial charge in [-0.05, 0) is 43.2 Å². The summed E-state index contributed by atoms with van der Waals surface area (Å²) in [5, 5.41) is 0.918. The highest BCUT2D eigenvalue weighted by molar-refractivity contribution is 6.31. The third-order valence-electron chi connectivity index (χ3n) is 4.36. The molecule has 1 saturated carbocycles. The first-order valence-corrected chi connectivity index (χ1v) is 8.63. The molecule has 26 heavy (non-hydrogen) atoms. The number of hydrogen-bond donors (Lipinski definition) is 1. The number of rotatable bonds is 4. The van der Waals surface area contributed by atoms with E-state index in [9.17, 15) is 9.59 Å². The van der Waals surface area contributed by atoms with Crippen LogP contribution in [0.4, 0.5) is 0 Å². The van der Waals surface area contributed by atoms with Gasteiger partial charge in [0.1, 0.15) is 11.6 Å². The summed E-state index contributed by atoms with van der Waals surface area (Å²) < 4.78 is 6.48. The number of para-hydroxylation sites is 1. The molecular weight excluding hydrogens is 354 g/mol. The van der Waals surface area contributed by atoms with E-state index in [2.05, 4.69) is 10.4 Å². The second kappa shape index (κ2) is 6.46. The maximum absolute atomic E-state index is 12.9. The summed E-state index contributed by atoms with van der Waals surface area (Å²) in [4.78, 5) is 30.3. The van der Waals surface area contributed by atoms with Crippen molar-refractivity contribution in [3.8, 4) is 5.75 Å². The Balaban J connectivity index is 1.82. The largest absolute Gasteiger partial charge is 0.496 e. The Morgan fingerprint density at radius 3 is 2.77 bits per heavy atom. The van der Waals surface area contributed by atoms with Crippen molar-refractivity contribution >= 4 is 28.4 Å². The number of halogens is 1. The number of aromatic nitrogens is 2. The Bertz CT molecular complexity index is 1070. The summed E-state index contributed by atoms with van der Waals surface area (Å²) in [6, 6.07) is 11.8. The van der Waals surface area contributed by atoms with Gasteiger partial charge >= 0.3 is 0 Å². The van der Waals surface area contributed by atoms with Gasteiger partial charge in [0.05, 0.1) is 23.6 Å². The van der Waals surface area contributed by atoms with Crippen LogP contribution in [0.15, 0.2) is 47.3 Å². The van der Waals surface area contributed by atoms with Crippen molar-refractivity contribution in [1.29, 1.82) is 0 Å². The molecular formula is C19H16ClN3O3. The topological polar surface area (TPSA) is 73.2 Å². The monoisotopic (exact) mass is 369 g/mol. The molecule has 4 rings (SSSR count). The van der Waals surface area contributed by atoms with Crippen LogP contribution in [-0.2, 0) is 0 Å². The van der Waals surface area contributed by atoms with Crippen LogP contribution in [0.3, 0.4) is 0 Å². The van der Waals surface area contributed by atoms with E-state index in [1.54, 1.807) is 42.5 Å². The minimum atomic E-state index is -0.429. The van der Waals surface area contributed by atoms with Crippen LogP contribution in [-0.4, -0.2) is 22.7 Å². The quantitative estimate of drug-likeness (QED) is 0.765. The number of nitrogens with one attached hydrogen (secondary N) is 1. The fourth-order valence-corrected chi connectivity index (χ4v) is 3.06. The molecule has 0 saturated heterocycles. The molecule has 0 spiro atoms. The van der Waals surface area contributed by atoms with Crippen LogP contribution >= 0.6 is 11.6 Å². The van der Waals surface area contributed by atoms with Gasteiger partial charge in [-0.15, -0.1) is 0 Å². The van der Waals surface area contributed by atoms with E-state index in [1.165, 1.54) is 11.8 Å². The zero-order valence-electron chi connectivity index (χ0n) is 14.0. The number of amides is 1. The van der Waals surface area contributed by atoms with Gasteiger partial charge < -0.3 is 4.74 Å². The highest BCUT2D eigenvalue weighted by atomic mass is 35.5. The van der Waals surface area contributed by atoms with Crippen molar-refractivity contribution in [2.45, 2.75) is 18.8 Å². The van der Waals surface area contributed by atoms with Gasteiger partial charge in [-0.3, -0.25) is 15.0 Å². The van der Waals surface area contributed by atoms with Crippen LogP contribution in [0.1, 0.15) is 34.9 Å². The first-order valence-electron chi connectivity index (χ1n) is 8.25. The summed E-state index contributed by atoms with van der Waals surface area (Å²) in [5.41, 5.74) is 3.25. The summed E-state index contributed by atoms with van der Waals surface area (Å²) in [6.45, 7) is 0. The second-order valence-electron chi connectivity index (χ2n) is 6.19. The van der Waals surface area contributed by atoms with Gasteiger partial charge in [-0.2, -0.15) is 0 Å². The SMILES string of the molecule is COc1ccccc1C(=O)Nn1c(C2CC2)nc2cc(Cl)ccc2c1=O. The molecule has 3 aromatic rings. The normalized spacial score (nSPS) is 13.6. The van der Waals surface area contributed by atoms with Crippen LogP contribution in [0.2, 0.25) is 5.02 Å². The van der Waals surface area contributed by atoms with Crippen LogP contribution in [0.5, 0.6) is 5.75 Å². The molecule has 1 aliphatic rings. The standard InChI is InChI=1S/C19H16ClN3O3/c1-26-16-5-3-2-4-14(16)18(24)22-23-17(11-6-7-11)21-15-10-12(20)8-9-13(15)19(23)25/h2-5,8-11H,6-7H2,1H3,(H,22,24). The van der Waals surface area contributed by atoms with Gasteiger partial charge in [0.2, 0.25) is 0 Å². The number of fused-ring (bicyclic) bond motifs is 1. The lowest BCUT2D eigenvalue weighted by atomic mass is 10.2. The molecule has 1 aromatic heterocycles. The van der Waals surface area contributed by atoms with Gasteiger partial charge in [0, 0.05) is 10.9 Å². The molecule has 7 heteroatoms. The van der Waals surface area contributed by atoms with Gasteiger partial charge in [-0.25, -0.2) is 9.66 Å². The Morgan fingerprint density at radius 2 is 2.04 bits per heavy atom. The van der Waals surface area contributed by atoms with Crippen LogP contribution in [0, 0.1) is 0 Å². The lowest BCUT2D eigenvalue weighted by molar-refractivity contribution is 0.100. The molecule has 6 nitrogen and oxygen atoms in total. The molecule has 0 atom stereocenters. The molecule has 0 bridgehead atoms. The molecule has 1 N–H and O–H groups in total. The molecule has 0 unspecified atom stereocenters. The van der Waals surface area contributed by atoms with Crippen LogP contribution in [0.25, 0.3) is 10.9 Å². The van der Waals surface area contributed by atoms with Crippen molar-refractivity contribution in [2.75, 3.05) is 12.5 Å². The Kier molecular flexibility index (Phi) is 4.12. The van der Waals surface area contributed by atoms with E-state index in [0.29, 0.717) is 33.1 Å². The van der Waals surface area contributed by atoms with E-state index >= 15 is 0 Å². The lowest BCUT2D eigenvalue weighted by Gasteiger charge is -2.15. The van der Waals surface area contributed by atoms with E-state index in [0.717, 1.165) is 12.8 Å². The molecule has 2 aromatic carbocycles. The van der Waals surface area contributed by atoms with Gasteiger partial charge in [-0.1, -0.05) is 23.7 Å². The fourth-order valence-electron chi connectivity index (χ4n) is 2.89. The van der Waals surface area contributed by atoms with E-state index < -0.39 is 5.91 Å². The molecule has 0 aliphatic heterocycles. The van der Waals surface area contributed by atoms with Crippen molar-refractivity contribution in [2.24, 2.45) is 0 Å². The Morgan fingerprint density at radius 1 is 1.27 bits per heavy atom. The van der Waals surface area contributed by atoms with Crippen molar-refractivity contribution in [1.82, 2.24) is 9.66 Å². The zero-order valence-corrected chi connectivity index (χ0v) is 14.8. The number of carbonyl (C=O) groups is 1. The zero-order chi connectivity index (χ0) is 18.3. The van der Waals surface area contributed by atoms with Gasteiger partial charge in [0.25, 0.3) is 11.5 Å². The minimum Gasteiger partial charge on any atom is -0.496 e. The number of benzene rings is 2. The average molecular weight is 370 g/mol. The summed E-state index contributed by atoms with van der Waals surface area (Å²) >= 11 is 6.02.